The molecule has 0 spiro atoms. The molecule has 11 heteroatoms. The van der Waals surface area contributed by atoms with E-state index in [0.29, 0.717) is 0 Å². The molecule has 0 aliphatic rings. The van der Waals surface area contributed by atoms with Crippen molar-refractivity contribution in [2.45, 2.75) is 9.79 Å². The Morgan fingerprint density at radius 1 is 0.762 bits per heavy atom. The Hall–Kier alpha value is 0.320. The van der Waals surface area contributed by atoms with Gasteiger partial charge in [0.25, 0.3) is 20.2 Å². The van der Waals surface area contributed by atoms with Crippen molar-refractivity contribution in [1.82, 2.24) is 0 Å². The largest absolute Gasteiger partial charge is 0.507 e. The number of benzene rings is 2. The van der Waals surface area contributed by atoms with Crippen molar-refractivity contribution in [1.29, 1.82) is 0 Å². The van der Waals surface area contributed by atoms with E-state index in [1.54, 1.807) is 0 Å². The fourth-order valence-electron chi connectivity index (χ4n) is 1.77. The predicted molar refractivity (Wildman–Crippen MR) is 76.8 cm³/mol. The van der Waals surface area contributed by atoms with Crippen LogP contribution in [0.1, 0.15) is 0 Å². The van der Waals surface area contributed by atoms with Crippen LogP contribution in [-0.2, 0) is 20.2 Å². The minimum Gasteiger partial charge on any atom is -0.507 e. The maximum Gasteiger partial charge on any atom is 0.295 e. The number of rotatable bonds is 2. The van der Waals surface area contributed by atoms with Crippen molar-refractivity contribution in [2.75, 3.05) is 0 Å². The molecule has 0 heterocycles. The van der Waals surface area contributed by atoms with E-state index < -0.39 is 35.8 Å². The molecule has 3 N–H and O–H groups in total. The molecule has 0 bridgehead atoms. The van der Waals surface area contributed by atoms with Gasteiger partial charge in [-0.3, -0.25) is 9.11 Å². The van der Waals surface area contributed by atoms with Gasteiger partial charge in [-0.15, -0.1) is 0 Å². The van der Waals surface area contributed by atoms with E-state index in [1.165, 1.54) is 12.1 Å². The normalized spacial score (nSPS) is 11.5. The Labute approximate surface area is 165 Å². The van der Waals surface area contributed by atoms with Gasteiger partial charge >= 0.3 is 0 Å². The molecule has 0 amide bonds. The second-order valence-electron chi connectivity index (χ2n) is 3.71. The fourth-order valence-corrected chi connectivity index (χ4v) is 3.18. The third-order valence-corrected chi connectivity index (χ3v) is 4.30. The van der Waals surface area contributed by atoms with Gasteiger partial charge in [-0.2, -0.15) is 16.8 Å². The molecule has 2 aromatic carbocycles. The molecule has 21 heavy (non-hydrogen) atoms. The van der Waals surface area contributed by atoms with Crippen LogP contribution < -0.4 is 0 Å². The predicted octanol–water partition coefficient (Wildman–Crippen LogP) is 0.277. The van der Waals surface area contributed by atoms with Crippen LogP contribution >= 0.6 is 0 Å². The summed E-state index contributed by atoms with van der Waals surface area (Å²) >= 11 is 0. The standard InChI is InChI=1S/C10H8O7S2.2Na/c11-7-4-5-8(18(12,13)14)6-2-1-3-9(10(6)7)19(15,16)17;;/h1-5,11H,(H,12,13,14)(H,15,16,17);;. The van der Waals surface area contributed by atoms with Gasteiger partial charge in [0, 0.05) is 69.9 Å². The maximum absolute atomic E-state index is 11.2. The third-order valence-electron chi connectivity index (χ3n) is 2.50. The number of hydrogen-bond acceptors (Lipinski definition) is 5. The van der Waals surface area contributed by atoms with Crippen LogP contribution in [0, 0.1) is 0 Å². The molecule has 2 radical (unpaired) electrons. The summed E-state index contributed by atoms with van der Waals surface area (Å²) in [6.07, 6.45) is 0. The number of hydrogen-bond donors (Lipinski definition) is 3. The van der Waals surface area contributed by atoms with Gasteiger partial charge < -0.3 is 5.11 Å². The van der Waals surface area contributed by atoms with E-state index in [2.05, 4.69) is 0 Å². The first-order chi connectivity index (χ1) is 8.62. The Kier molecular flexibility index (Phi) is 7.37. The molecule has 7 nitrogen and oxygen atoms in total. The van der Waals surface area contributed by atoms with Crippen LogP contribution in [0.15, 0.2) is 40.1 Å². The van der Waals surface area contributed by atoms with Crippen molar-refractivity contribution in [3.63, 3.8) is 0 Å². The molecule has 0 aromatic heterocycles. The number of aromatic hydroxyl groups is 1. The molecule has 0 aliphatic carbocycles. The van der Waals surface area contributed by atoms with Gasteiger partial charge in [0.1, 0.15) is 15.5 Å². The van der Waals surface area contributed by atoms with Crippen LogP contribution in [0.4, 0.5) is 0 Å². The Morgan fingerprint density at radius 3 is 1.76 bits per heavy atom. The zero-order valence-corrected chi connectivity index (χ0v) is 16.8. The van der Waals surface area contributed by atoms with E-state index in [9.17, 15) is 21.9 Å². The van der Waals surface area contributed by atoms with Gasteiger partial charge in [0.2, 0.25) is 0 Å². The molecule has 0 atom stereocenters. The van der Waals surface area contributed by atoms with Crippen molar-refractivity contribution >= 4 is 90.1 Å². The average Bonchev–Trinajstić information content (AvgIpc) is 2.25. The molecule has 0 unspecified atom stereocenters. The minimum atomic E-state index is -4.65. The van der Waals surface area contributed by atoms with Gasteiger partial charge in [0.05, 0.1) is 0 Å². The first-order valence-electron chi connectivity index (χ1n) is 4.82. The van der Waals surface area contributed by atoms with Crippen molar-refractivity contribution in [3.8, 4) is 5.75 Å². The van der Waals surface area contributed by atoms with Gasteiger partial charge in [0.15, 0.2) is 0 Å². The van der Waals surface area contributed by atoms with Crippen LogP contribution in [0.25, 0.3) is 10.8 Å². The minimum absolute atomic E-state index is 0. The van der Waals surface area contributed by atoms with Crippen molar-refractivity contribution in [3.05, 3.63) is 30.3 Å². The molecule has 2 rings (SSSR count). The van der Waals surface area contributed by atoms with Crippen molar-refractivity contribution < 1.29 is 31.0 Å². The Morgan fingerprint density at radius 2 is 1.29 bits per heavy atom. The zero-order chi connectivity index (χ0) is 14.4. The summed E-state index contributed by atoms with van der Waals surface area (Å²) in [5.74, 6) is -0.532. The summed E-state index contributed by atoms with van der Waals surface area (Å²) in [4.78, 5) is -1.21. The fraction of sp³-hybridized carbons (Fsp3) is 0. The summed E-state index contributed by atoms with van der Waals surface area (Å²) in [5.41, 5.74) is 0. The van der Waals surface area contributed by atoms with E-state index in [1.807, 2.05) is 0 Å². The first-order valence-corrected chi connectivity index (χ1v) is 7.70. The van der Waals surface area contributed by atoms with E-state index in [0.717, 1.165) is 18.2 Å². The number of fused-ring (bicyclic) bond motifs is 1. The van der Waals surface area contributed by atoms with E-state index >= 15 is 0 Å². The molecule has 2 aromatic rings. The molecular formula is C10H8Na2O7S2. The molecular weight excluding hydrogens is 342 g/mol. The SMILES string of the molecule is O=S(=O)(O)c1ccc(O)c2c(S(=O)(=O)O)cccc12.[Na].[Na]. The van der Waals surface area contributed by atoms with Crippen LogP contribution in [-0.4, -0.2) is 90.2 Å². The van der Waals surface area contributed by atoms with Gasteiger partial charge in [-0.1, -0.05) is 12.1 Å². The third kappa shape index (κ3) is 4.41. The average molecular weight is 350 g/mol. The maximum atomic E-state index is 11.2. The number of phenolic OH excluding ortho intramolecular Hbond substituents is 1. The summed E-state index contributed by atoms with van der Waals surface area (Å²) in [6.45, 7) is 0. The Balaban J connectivity index is 0.00000200. The first kappa shape index (κ1) is 21.3. The van der Waals surface area contributed by atoms with Gasteiger partial charge in [-0.05, 0) is 18.2 Å². The summed E-state index contributed by atoms with van der Waals surface area (Å²) in [5, 5.41) is 9.07. The topological polar surface area (TPSA) is 129 Å². The number of phenols is 1. The monoisotopic (exact) mass is 350 g/mol. The second kappa shape index (κ2) is 7.26. The van der Waals surface area contributed by atoms with Crippen LogP contribution in [0.2, 0.25) is 0 Å². The molecule has 0 saturated carbocycles. The van der Waals surface area contributed by atoms with Crippen LogP contribution in [0.5, 0.6) is 5.75 Å². The molecule has 0 fully saturated rings. The summed E-state index contributed by atoms with van der Waals surface area (Å²) < 4.78 is 62.9. The molecule has 0 saturated heterocycles. The Bertz CT molecular complexity index is 876. The summed E-state index contributed by atoms with van der Waals surface area (Å²) in [6, 6.07) is 5.23. The quantitative estimate of drug-likeness (QED) is 0.524. The summed E-state index contributed by atoms with van der Waals surface area (Å²) in [7, 11) is -9.25. The van der Waals surface area contributed by atoms with E-state index in [4.69, 9.17) is 9.11 Å². The van der Waals surface area contributed by atoms with E-state index in [-0.39, 0.29) is 69.9 Å². The second-order valence-corrected chi connectivity index (χ2v) is 6.49. The van der Waals surface area contributed by atoms with Crippen molar-refractivity contribution in [2.24, 2.45) is 0 Å². The van der Waals surface area contributed by atoms with Gasteiger partial charge in [-0.25, -0.2) is 0 Å². The zero-order valence-electron chi connectivity index (χ0n) is 11.2. The smallest absolute Gasteiger partial charge is 0.295 e. The molecule has 104 valence electrons. The van der Waals surface area contributed by atoms with Crippen LogP contribution in [0.3, 0.4) is 0 Å². The molecule has 0 aliphatic heterocycles.